The van der Waals surface area contributed by atoms with Gasteiger partial charge in [0.2, 0.25) is 0 Å². The molecule has 0 bridgehead atoms. The van der Waals surface area contributed by atoms with E-state index in [2.05, 4.69) is 63.7 Å². The minimum atomic E-state index is -0.185. The molecule has 0 amide bonds. The fourth-order valence-electron chi connectivity index (χ4n) is 3.10. The summed E-state index contributed by atoms with van der Waals surface area (Å²) >= 11 is 0. The molecule has 1 aliphatic rings. The zero-order valence-electron chi connectivity index (χ0n) is 11.5. The Balaban J connectivity index is 1.93. The molecule has 102 valence electrons. The third kappa shape index (κ3) is 1.89. The summed E-state index contributed by atoms with van der Waals surface area (Å²) in [5.41, 5.74) is 4.63. The van der Waals surface area contributed by atoms with Crippen LogP contribution in [-0.2, 0) is 11.8 Å². The lowest BCUT2D eigenvalue weighted by Crippen LogP contribution is -2.30. The fourth-order valence-corrected chi connectivity index (χ4v) is 3.10. The molecule has 21 heavy (non-hydrogen) atoms. The fraction of sp³-hybridized carbons (Fsp3) is 0.111. The first-order chi connectivity index (χ1) is 10.4. The molecular formula is C18H15N3. The summed E-state index contributed by atoms with van der Waals surface area (Å²) in [6.45, 7) is 0. The van der Waals surface area contributed by atoms with Gasteiger partial charge in [-0.15, -0.1) is 0 Å². The maximum Gasteiger partial charge on any atom is 0.0562 e. The Bertz CT molecular complexity index is 733. The normalized spacial score (nSPS) is 20.2. The van der Waals surface area contributed by atoms with Crippen molar-refractivity contribution in [3.63, 3.8) is 0 Å². The first kappa shape index (κ1) is 12.1. The molecule has 3 nitrogen and oxygen atoms in total. The number of hydrogen-bond donors (Lipinski definition) is 1. The van der Waals surface area contributed by atoms with Crippen LogP contribution in [0.25, 0.3) is 6.08 Å². The van der Waals surface area contributed by atoms with E-state index in [0.717, 1.165) is 6.42 Å². The average molecular weight is 273 g/mol. The maximum atomic E-state index is 4.31. The zero-order chi connectivity index (χ0) is 14.1. The monoisotopic (exact) mass is 273 g/mol. The van der Waals surface area contributed by atoms with Gasteiger partial charge in [0.25, 0.3) is 0 Å². The molecule has 1 aromatic carbocycles. The number of nitrogens with zero attached hydrogens (tertiary/aromatic N) is 2. The summed E-state index contributed by atoms with van der Waals surface area (Å²) in [6.07, 6.45) is 11.0. The van der Waals surface area contributed by atoms with E-state index in [0.29, 0.717) is 0 Å². The SMILES string of the molecule is C1=CC(c2ccccc2)(c2cccnc2)Cc2[nH]ncc21. The first-order valence-corrected chi connectivity index (χ1v) is 7.06. The number of benzene rings is 1. The maximum absolute atomic E-state index is 4.31. The molecule has 0 aliphatic heterocycles. The quantitative estimate of drug-likeness (QED) is 0.778. The van der Waals surface area contributed by atoms with Gasteiger partial charge >= 0.3 is 0 Å². The molecule has 0 spiro atoms. The van der Waals surface area contributed by atoms with Crippen LogP contribution in [0.3, 0.4) is 0 Å². The van der Waals surface area contributed by atoms with E-state index in [1.54, 1.807) is 0 Å². The number of hydrogen-bond acceptors (Lipinski definition) is 2. The molecule has 2 heterocycles. The first-order valence-electron chi connectivity index (χ1n) is 7.06. The van der Waals surface area contributed by atoms with Crippen molar-refractivity contribution in [1.29, 1.82) is 0 Å². The van der Waals surface area contributed by atoms with Crippen LogP contribution in [0.5, 0.6) is 0 Å². The van der Waals surface area contributed by atoms with Gasteiger partial charge in [-0.05, 0) is 17.2 Å². The van der Waals surface area contributed by atoms with Crippen LogP contribution in [-0.4, -0.2) is 15.2 Å². The smallest absolute Gasteiger partial charge is 0.0562 e. The van der Waals surface area contributed by atoms with E-state index in [1.165, 1.54) is 22.4 Å². The van der Waals surface area contributed by atoms with Crippen molar-refractivity contribution in [2.24, 2.45) is 0 Å². The van der Waals surface area contributed by atoms with Crippen molar-refractivity contribution in [3.8, 4) is 0 Å². The summed E-state index contributed by atoms with van der Waals surface area (Å²) < 4.78 is 0. The lowest BCUT2D eigenvalue weighted by molar-refractivity contribution is 0.618. The van der Waals surface area contributed by atoms with Gasteiger partial charge in [0.05, 0.1) is 6.20 Å². The highest BCUT2D eigenvalue weighted by atomic mass is 15.1. The van der Waals surface area contributed by atoms with Gasteiger partial charge < -0.3 is 0 Å². The van der Waals surface area contributed by atoms with Crippen LogP contribution in [0.4, 0.5) is 0 Å². The summed E-state index contributed by atoms with van der Waals surface area (Å²) in [7, 11) is 0. The molecule has 0 saturated heterocycles. The summed E-state index contributed by atoms with van der Waals surface area (Å²) in [5.74, 6) is 0. The third-order valence-electron chi connectivity index (χ3n) is 4.22. The Hall–Kier alpha value is -2.68. The van der Waals surface area contributed by atoms with Crippen LogP contribution in [0.1, 0.15) is 22.4 Å². The zero-order valence-corrected chi connectivity index (χ0v) is 11.5. The van der Waals surface area contributed by atoms with Crippen LogP contribution in [0.2, 0.25) is 0 Å². The van der Waals surface area contributed by atoms with Gasteiger partial charge in [0.1, 0.15) is 0 Å². The highest BCUT2D eigenvalue weighted by Gasteiger charge is 2.35. The minimum absolute atomic E-state index is 0.185. The molecule has 1 atom stereocenters. The second kappa shape index (κ2) is 4.70. The number of nitrogens with one attached hydrogen (secondary N) is 1. The van der Waals surface area contributed by atoms with Crippen molar-refractivity contribution in [2.45, 2.75) is 11.8 Å². The molecule has 3 heteroatoms. The standard InChI is InChI=1S/C18H15N3/c1-2-5-15(6-3-1)18(16-7-4-10-19-13-16)9-8-14-12-20-21-17(14)11-18/h1-10,12-13H,11H2,(H,20,21). The van der Waals surface area contributed by atoms with Gasteiger partial charge in [-0.3, -0.25) is 10.1 Å². The highest BCUT2D eigenvalue weighted by molar-refractivity contribution is 5.62. The van der Waals surface area contributed by atoms with Crippen molar-refractivity contribution >= 4 is 6.08 Å². The number of aromatic nitrogens is 3. The van der Waals surface area contributed by atoms with Crippen LogP contribution < -0.4 is 0 Å². The molecular weight excluding hydrogens is 258 g/mol. The van der Waals surface area contributed by atoms with Crippen molar-refractivity contribution in [3.05, 3.63) is 89.5 Å². The second-order valence-corrected chi connectivity index (χ2v) is 5.39. The van der Waals surface area contributed by atoms with Crippen molar-refractivity contribution in [2.75, 3.05) is 0 Å². The van der Waals surface area contributed by atoms with Crippen molar-refractivity contribution < 1.29 is 0 Å². The lowest BCUT2D eigenvalue weighted by Gasteiger charge is -2.34. The van der Waals surface area contributed by atoms with E-state index in [-0.39, 0.29) is 5.41 Å². The number of pyridine rings is 1. The van der Waals surface area contributed by atoms with E-state index in [1.807, 2.05) is 24.7 Å². The molecule has 4 rings (SSSR count). The van der Waals surface area contributed by atoms with E-state index in [9.17, 15) is 0 Å². The van der Waals surface area contributed by atoms with Gasteiger partial charge in [0, 0.05) is 35.5 Å². The Morgan fingerprint density at radius 3 is 2.62 bits per heavy atom. The second-order valence-electron chi connectivity index (χ2n) is 5.39. The summed E-state index contributed by atoms with van der Waals surface area (Å²) in [4.78, 5) is 4.31. The highest BCUT2D eigenvalue weighted by Crippen LogP contribution is 2.40. The van der Waals surface area contributed by atoms with Crippen LogP contribution >= 0.6 is 0 Å². The Morgan fingerprint density at radius 1 is 0.952 bits per heavy atom. The molecule has 2 aromatic heterocycles. The van der Waals surface area contributed by atoms with Crippen molar-refractivity contribution in [1.82, 2.24) is 15.2 Å². The molecule has 0 fully saturated rings. The lowest BCUT2D eigenvalue weighted by atomic mass is 9.69. The number of fused-ring (bicyclic) bond motifs is 1. The number of rotatable bonds is 2. The predicted molar refractivity (Wildman–Crippen MR) is 82.8 cm³/mol. The van der Waals surface area contributed by atoms with E-state index < -0.39 is 0 Å². The topological polar surface area (TPSA) is 41.6 Å². The largest absolute Gasteiger partial charge is 0.282 e. The predicted octanol–water partition coefficient (Wildman–Crippen LogP) is 3.36. The summed E-state index contributed by atoms with van der Waals surface area (Å²) in [6, 6.07) is 14.7. The average Bonchev–Trinajstić information content (AvgIpc) is 3.03. The number of H-pyrrole nitrogens is 1. The minimum Gasteiger partial charge on any atom is -0.282 e. The number of aromatic amines is 1. The van der Waals surface area contributed by atoms with Gasteiger partial charge in [-0.1, -0.05) is 48.6 Å². The van der Waals surface area contributed by atoms with E-state index in [4.69, 9.17) is 0 Å². The summed E-state index contributed by atoms with van der Waals surface area (Å²) in [5, 5.41) is 7.30. The Morgan fingerprint density at radius 2 is 1.81 bits per heavy atom. The van der Waals surface area contributed by atoms with Gasteiger partial charge in [-0.25, -0.2) is 0 Å². The Kier molecular flexibility index (Phi) is 2.71. The van der Waals surface area contributed by atoms with Crippen LogP contribution in [0, 0.1) is 0 Å². The molecule has 1 N–H and O–H groups in total. The third-order valence-corrected chi connectivity index (χ3v) is 4.22. The van der Waals surface area contributed by atoms with E-state index >= 15 is 0 Å². The van der Waals surface area contributed by atoms with Gasteiger partial charge in [-0.2, -0.15) is 5.10 Å². The molecule has 0 radical (unpaired) electrons. The number of allylic oxidation sites excluding steroid dienone is 1. The molecule has 1 unspecified atom stereocenters. The Labute approximate surface area is 123 Å². The van der Waals surface area contributed by atoms with Gasteiger partial charge in [0.15, 0.2) is 0 Å². The molecule has 3 aromatic rings. The molecule has 1 aliphatic carbocycles. The molecule has 0 saturated carbocycles. The van der Waals surface area contributed by atoms with Crippen LogP contribution in [0.15, 0.2) is 67.1 Å².